The summed E-state index contributed by atoms with van der Waals surface area (Å²) >= 11 is 0. The molecular formula is C9H18N4O2. The Hall–Kier alpha value is -1.14. The number of urea groups is 1. The molecule has 6 heteroatoms. The number of nitrogens with one attached hydrogen (secondary N) is 1. The number of imide groups is 1. The standard InChI is InChI=1S/C9H18N4O2/c1-2-3-4-5-13-7(14)6-9(10,11)12-8(13)15/h2-6,10-11H2,1H3,(H,12,15). The Labute approximate surface area is 89.0 Å². The fourth-order valence-corrected chi connectivity index (χ4v) is 1.52. The van der Waals surface area contributed by atoms with Crippen LogP contribution in [0.3, 0.4) is 0 Å². The summed E-state index contributed by atoms with van der Waals surface area (Å²) in [5.74, 6) is -1.70. The highest BCUT2D eigenvalue weighted by Crippen LogP contribution is 2.10. The van der Waals surface area contributed by atoms with Crippen molar-refractivity contribution >= 4 is 11.9 Å². The van der Waals surface area contributed by atoms with Crippen LogP contribution in [0, 0.1) is 0 Å². The molecule has 1 aliphatic heterocycles. The van der Waals surface area contributed by atoms with Gasteiger partial charge in [-0.15, -0.1) is 0 Å². The molecule has 0 radical (unpaired) electrons. The van der Waals surface area contributed by atoms with Gasteiger partial charge in [-0.2, -0.15) is 0 Å². The van der Waals surface area contributed by atoms with Gasteiger partial charge in [-0.1, -0.05) is 19.8 Å². The molecule has 1 heterocycles. The quantitative estimate of drug-likeness (QED) is 0.441. The summed E-state index contributed by atoms with van der Waals surface area (Å²) in [7, 11) is 0. The van der Waals surface area contributed by atoms with E-state index >= 15 is 0 Å². The number of nitrogens with zero attached hydrogens (tertiary/aromatic N) is 1. The molecule has 1 fully saturated rings. The maximum Gasteiger partial charge on any atom is 0.326 e. The van der Waals surface area contributed by atoms with E-state index in [2.05, 4.69) is 12.2 Å². The summed E-state index contributed by atoms with van der Waals surface area (Å²) in [6.07, 6.45) is 2.80. The van der Waals surface area contributed by atoms with Crippen LogP contribution in [0.1, 0.15) is 32.6 Å². The minimum absolute atomic E-state index is 0.0507. The van der Waals surface area contributed by atoms with Gasteiger partial charge in [0.15, 0.2) is 5.79 Å². The molecule has 1 rings (SSSR count). The largest absolute Gasteiger partial charge is 0.326 e. The van der Waals surface area contributed by atoms with Crippen LogP contribution < -0.4 is 16.8 Å². The number of carbonyl (C=O) groups excluding carboxylic acids is 2. The van der Waals surface area contributed by atoms with Gasteiger partial charge in [-0.05, 0) is 6.42 Å². The average molecular weight is 214 g/mol. The molecule has 15 heavy (non-hydrogen) atoms. The van der Waals surface area contributed by atoms with E-state index in [0.29, 0.717) is 6.54 Å². The van der Waals surface area contributed by atoms with Crippen LogP contribution in [0.4, 0.5) is 4.79 Å². The van der Waals surface area contributed by atoms with Crippen LogP contribution in [-0.2, 0) is 4.79 Å². The average Bonchev–Trinajstić information content (AvgIpc) is 2.08. The molecule has 0 spiro atoms. The van der Waals surface area contributed by atoms with Crippen LogP contribution in [0.15, 0.2) is 0 Å². The van der Waals surface area contributed by atoms with Crippen molar-refractivity contribution in [3.05, 3.63) is 0 Å². The Morgan fingerprint density at radius 1 is 1.40 bits per heavy atom. The molecular weight excluding hydrogens is 196 g/mol. The molecule has 3 amide bonds. The Morgan fingerprint density at radius 2 is 2.07 bits per heavy atom. The normalized spacial score (nSPS) is 20.3. The molecule has 1 saturated heterocycles. The van der Waals surface area contributed by atoms with E-state index in [9.17, 15) is 9.59 Å². The van der Waals surface area contributed by atoms with Gasteiger partial charge >= 0.3 is 6.03 Å². The zero-order chi connectivity index (χ0) is 11.5. The summed E-state index contributed by atoms with van der Waals surface area (Å²) in [5.41, 5.74) is 10.9. The van der Waals surface area contributed by atoms with Gasteiger partial charge in [0.05, 0.1) is 6.42 Å². The number of unbranched alkanes of at least 4 members (excludes halogenated alkanes) is 2. The van der Waals surface area contributed by atoms with Crippen LogP contribution in [0.25, 0.3) is 0 Å². The topological polar surface area (TPSA) is 101 Å². The maximum atomic E-state index is 11.5. The predicted octanol–water partition coefficient (Wildman–Crippen LogP) is -0.310. The van der Waals surface area contributed by atoms with Gasteiger partial charge in [0.1, 0.15) is 0 Å². The number of hydrogen-bond acceptors (Lipinski definition) is 4. The molecule has 0 aromatic rings. The Bertz CT molecular complexity index is 245. The second-order valence-electron chi connectivity index (χ2n) is 3.90. The lowest BCUT2D eigenvalue weighted by Crippen LogP contribution is -2.71. The Balaban J connectivity index is 2.52. The third-order valence-electron chi connectivity index (χ3n) is 2.31. The van der Waals surface area contributed by atoms with Gasteiger partial charge in [0.25, 0.3) is 0 Å². The summed E-state index contributed by atoms with van der Waals surface area (Å²) in [6, 6.07) is -0.493. The minimum atomic E-state index is -1.39. The Kier molecular flexibility index (Phi) is 3.65. The lowest BCUT2D eigenvalue weighted by atomic mass is 10.1. The van der Waals surface area contributed by atoms with E-state index in [0.717, 1.165) is 19.3 Å². The highest BCUT2D eigenvalue weighted by atomic mass is 16.2. The van der Waals surface area contributed by atoms with Crippen molar-refractivity contribution in [1.29, 1.82) is 0 Å². The number of nitrogens with two attached hydrogens (primary N) is 2. The maximum absolute atomic E-state index is 11.5. The van der Waals surface area contributed by atoms with Crippen molar-refractivity contribution in [2.45, 2.75) is 38.4 Å². The molecule has 6 nitrogen and oxygen atoms in total. The molecule has 0 unspecified atom stereocenters. The highest BCUT2D eigenvalue weighted by molar-refractivity contribution is 5.97. The molecule has 0 saturated carbocycles. The third kappa shape index (κ3) is 3.17. The summed E-state index contributed by atoms with van der Waals surface area (Å²) in [6.45, 7) is 2.50. The van der Waals surface area contributed by atoms with E-state index in [1.165, 1.54) is 4.90 Å². The first-order valence-corrected chi connectivity index (χ1v) is 5.16. The van der Waals surface area contributed by atoms with Crippen molar-refractivity contribution < 1.29 is 9.59 Å². The van der Waals surface area contributed by atoms with E-state index in [4.69, 9.17) is 11.5 Å². The number of carbonyl (C=O) groups is 2. The first-order valence-electron chi connectivity index (χ1n) is 5.16. The van der Waals surface area contributed by atoms with Crippen molar-refractivity contribution in [2.75, 3.05) is 6.54 Å². The van der Waals surface area contributed by atoms with E-state index in [1.54, 1.807) is 0 Å². The second-order valence-corrected chi connectivity index (χ2v) is 3.90. The fraction of sp³-hybridized carbons (Fsp3) is 0.778. The Morgan fingerprint density at radius 3 is 2.60 bits per heavy atom. The second kappa shape index (κ2) is 4.59. The summed E-state index contributed by atoms with van der Waals surface area (Å²) in [4.78, 5) is 24.1. The van der Waals surface area contributed by atoms with Crippen LogP contribution >= 0.6 is 0 Å². The van der Waals surface area contributed by atoms with Gasteiger partial charge in [0, 0.05) is 6.54 Å². The minimum Gasteiger partial charge on any atom is -0.307 e. The van der Waals surface area contributed by atoms with Crippen molar-refractivity contribution in [3.63, 3.8) is 0 Å². The van der Waals surface area contributed by atoms with Crippen LogP contribution in [0.5, 0.6) is 0 Å². The molecule has 0 aromatic heterocycles. The first kappa shape index (κ1) is 11.9. The van der Waals surface area contributed by atoms with Gasteiger partial charge in [0.2, 0.25) is 5.91 Å². The van der Waals surface area contributed by atoms with Gasteiger partial charge < -0.3 is 5.32 Å². The zero-order valence-electron chi connectivity index (χ0n) is 8.95. The number of amides is 3. The smallest absolute Gasteiger partial charge is 0.307 e. The molecule has 0 aliphatic carbocycles. The molecule has 5 N–H and O–H groups in total. The van der Waals surface area contributed by atoms with Crippen molar-refractivity contribution in [2.24, 2.45) is 11.5 Å². The number of hydrogen-bond donors (Lipinski definition) is 3. The summed E-state index contributed by atoms with van der Waals surface area (Å²) < 4.78 is 0. The fourth-order valence-electron chi connectivity index (χ4n) is 1.52. The molecule has 1 aliphatic rings. The van der Waals surface area contributed by atoms with E-state index < -0.39 is 11.8 Å². The first-order chi connectivity index (χ1) is 6.96. The SMILES string of the molecule is CCCCCN1C(=O)CC(N)(N)NC1=O. The van der Waals surface area contributed by atoms with Gasteiger partial charge in [-0.25, -0.2) is 4.79 Å². The zero-order valence-corrected chi connectivity index (χ0v) is 8.95. The lowest BCUT2D eigenvalue weighted by Gasteiger charge is -2.35. The predicted molar refractivity (Wildman–Crippen MR) is 55.5 cm³/mol. The monoisotopic (exact) mass is 214 g/mol. The summed E-state index contributed by atoms with van der Waals surface area (Å²) in [5, 5.41) is 2.38. The molecule has 0 atom stereocenters. The van der Waals surface area contributed by atoms with Crippen LogP contribution in [0.2, 0.25) is 0 Å². The molecule has 0 aromatic carbocycles. The molecule has 86 valence electrons. The number of rotatable bonds is 4. The molecule has 0 bridgehead atoms. The van der Waals surface area contributed by atoms with Crippen molar-refractivity contribution in [3.8, 4) is 0 Å². The van der Waals surface area contributed by atoms with Crippen molar-refractivity contribution in [1.82, 2.24) is 10.2 Å². The van der Waals surface area contributed by atoms with E-state index in [-0.39, 0.29) is 12.3 Å². The van der Waals surface area contributed by atoms with Crippen LogP contribution in [-0.4, -0.2) is 29.2 Å². The third-order valence-corrected chi connectivity index (χ3v) is 2.31. The van der Waals surface area contributed by atoms with Gasteiger partial charge in [-0.3, -0.25) is 21.2 Å². The van der Waals surface area contributed by atoms with E-state index in [1.807, 2.05) is 0 Å². The lowest BCUT2D eigenvalue weighted by molar-refractivity contribution is -0.131. The highest BCUT2D eigenvalue weighted by Gasteiger charge is 2.37.